The Hall–Kier alpha value is -2.69. The van der Waals surface area contributed by atoms with Crippen molar-refractivity contribution in [2.75, 3.05) is 13.6 Å². The molecule has 0 unspecified atom stereocenters. The number of aliphatic imine (C=N–C) groups is 1. The predicted molar refractivity (Wildman–Crippen MR) is 98.4 cm³/mol. The van der Waals surface area contributed by atoms with E-state index in [-0.39, 0.29) is 0 Å². The number of aromatic amines is 1. The molecule has 24 heavy (non-hydrogen) atoms. The molecule has 0 radical (unpaired) electrons. The second kappa shape index (κ2) is 7.25. The molecule has 0 saturated heterocycles. The minimum absolute atomic E-state index is 0.704. The van der Waals surface area contributed by atoms with E-state index in [1.807, 2.05) is 19.9 Å². The summed E-state index contributed by atoms with van der Waals surface area (Å²) in [6.45, 7) is 5.48. The zero-order valence-electron chi connectivity index (χ0n) is 14.4. The number of furan rings is 1. The minimum atomic E-state index is 0.704. The van der Waals surface area contributed by atoms with Crippen LogP contribution >= 0.6 is 0 Å². The van der Waals surface area contributed by atoms with Gasteiger partial charge in [-0.3, -0.25) is 4.99 Å². The van der Waals surface area contributed by atoms with Crippen LogP contribution in [0.25, 0.3) is 10.9 Å². The maximum Gasteiger partial charge on any atom is 0.191 e. The van der Waals surface area contributed by atoms with Crippen LogP contribution in [0.1, 0.15) is 22.6 Å². The van der Waals surface area contributed by atoms with E-state index >= 15 is 0 Å². The third kappa shape index (κ3) is 3.62. The van der Waals surface area contributed by atoms with Crippen molar-refractivity contribution in [1.29, 1.82) is 0 Å². The molecule has 0 spiro atoms. The molecule has 1 aromatic carbocycles. The van der Waals surface area contributed by atoms with Crippen molar-refractivity contribution < 1.29 is 4.42 Å². The van der Waals surface area contributed by atoms with Gasteiger partial charge in [-0.1, -0.05) is 18.2 Å². The van der Waals surface area contributed by atoms with Crippen molar-refractivity contribution in [1.82, 2.24) is 15.6 Å². The average molecular weight is 324 g/mol. The van der Waals surface area contributed by atoms with E-state index in [1.54, 1.807) is 7.05 Å². The minimum Gasteiger partial charge on any atom is -0.466 e. The number of para-hydroxylation sites is 1. The molecule has 2 aromatic heterocycles. The molecule has 0 fully saturated rings. The van der Waals surface area contributed by atoms with E-state index in [1.165, 1.54) is 16.5 Å². The fourth-order valence-corrected chi connectivity index (χ4v) is 2.91. The molecule has 0 aliphatic heterocycles. The second-order valence-electron chi connectivity index (χ2n) is 5.90. The lowest BCUT2D eigenvalue weighted by Crippen LogP contribution is -2.37. The summed E-state index contributed by atoms with van der Waals surface area (Å²) in [5.41, 5.74) is 3.66. The molecule has 5 heteroatoms. The van der Waals surface area contributed by atoms with Crippen molar-refractivity contribution in [2.45, 2.75) is 26.8 Å². The van der Waals surface area contributed by atoms with Crippen molar-refractivity contribution >= 4 is 16.9 Å². The van der Waals surface area contributed by atoms with Gasteiger partial charge in [-0.25, -0.2) is 0 Å². The number of aryl methyl sites for hydroxylation is 2. The Morgan fingerprint density at radius 2 is 2.00 bits per heavy atom. The van der Waals surface area contributed by atoms with Gasteiger partial charge in [-0.05, 0) is 38.0 Å². The molecule has 5 nitrogen and oxygen atoms in total. The third-order valence-electron chi connectivity index (χ3n) is 4.18. The van der Waals surface area contributed by atoms with Gasteiger partial charge in [0, 0.05) is 42.8 Å². The van der Waals surface area contributed by atoms with Crippen LogP contribution in [-0.2, 0) is 13.0 Å². The summed E-state index contributed by atoms with van der Waals surface area (Å²) in [5.74, 6) is 2.69. The molecular formula is C19H24N4O. The first-order valence-electron chi connectivity index (χ1n) is 8.23. The molecule has 0 saturated carbocycles. The third-order valence-corrected chi connectivity index (χ3v) is 4.18. The van der Waals surface area contributed by atoms with Crippen molar-refractivity contribution in [3.8, 4) is 0 Å². The molecule has 3 aromatic rings. The average Bonchev–Trinajstić information content (AvgIpc) is 3.13. The Labute approximate surface area is 142 Å². The van der Waals surface area contributed by atoms with Gasteiger partial charge in [-0.15, -0.1) is 0 Å². The largest absolute Gasteiger partial charge is 0.466 e. The quantitative estimate of drug-likeness (QED) is 0.498. The van der Waals surface area contributed by atoms with Gasteiger partial charge < -0.3 is 20.0 Å². The second-order valence-corrected chi connectivity index (χ2v) is 5.90. The van der Waals surface area contributed by atoms with Crippen molar-refractivity contribution in [3.63, 3.8) is 0 Å². The Morgan fingerprint density at radius 1 is 1.17 bits per heavy atom. The Morgan fingerprint density at radius 3 is 2.75 bits per heavy atom. The van der Waals surface area contributed by atoms with E-state index < -0.39 is 0 Å². The number of fused-ring (bicyclic) bond motifs is 1. The summed E-state index contributed by atoms with van der Waals surface area (Å²) < 4.78 is 5.55. The molecule has 0 aliphatic rings. The van der Waals surface area contributed by atoms with Crippen molar-refractivity contribution in [3.05, 3.63) is 59.2 Å². The highest BCUT2D eigenvalue weighted by molar-refractivity contribution is 5.83. The molecular weight excluding hydrogens is 300 g/mol. The smallest absolute Gasteiger partial charge is 0.191 e. The van der Waals surface area contributed by atoms with E-state index in [4.69, 9.17) is 4.42 Å². The Balaban J connectivity index is 1.52. The summed E-state index contributed by atoms with van der Waals surface area (Å²) in [6.07, 6.45) is 3.02. The van der Waals surface area contributed by atoms with Gasteiger partial charge in [0.05, 0.1) is 0 Å². The molecule has 3 N–H and O–H groups in total. The first-order valence-corrected chi connectivity index (χ1v) is 8.23. The molecule has 0 aliphatic carbocycles. The Kier molecular flexibility index (Phi) is 4.89. The summed E-state index contributed by atoms with van der Waals surface area (Å²) >= 11 is 0. The first kappa shape index (κ1) is 16.2. The lowest BCUT2D eigenvalue weighted by molar-refractivity contribution is 0.500. The zero-order valence-corrected chi connectivity index (χ0v) is 14.4. The van der Waals surface area contributed by atoms with Gasteiger partial charge in [0.25, 0.3) is 0 Å². The van der Waals surface area contributed by atoms with Crippen LogP contribution < -0.4 is 10.6 Å². The lowest BCUT2D eigenvalue weighted by atomic mass is 10.1. The normalized spacial score (nSPS) is 11.9. The number of hydrogen-bond acceptors (Lipinski definition) is 2. The van der Waals surface area contributed by atoms with Gasteiger partial charge in [0.15, 0.2) is 5.96 Å². The van der Waals surface area contributed by atoms with Gasteiger partial charge in [0.2, 0.25) is 0 Å². The van der Waals surface area contributed by atoms with E-state index in [2.05, 4.69) is 51.1 Å². The van der Waals surface area contributed by atoms with Crippen LogP contribution in [0.3, 0.4) is 0 Å². The standard InChI is InChI=1S/C19H24N4O/c1-13-10-16(14(2)24-13)12-23-19(20-3)21-9-8-15-11-22-18-7-5-4-6-17(15)18/h4-7,10-11,22H,8-9,12H2,1-3H3,(H2,20,21,23). The Bertz CT molecular complexity index is 844. The highest BCUT2D eigenvalue weighted by Crippen LogP contribution is 2.17. The van der Waals surface area contributed by atoms with Gasteiger partial charge in [0.1, 0.15) is 11.5 Å². The van der Waals surface area contributed by atoms with Crippen LogP contribution in [0, 0.1) is 13.8 Å². The van der Waals surface area contributed by atoms with Gasteiger partial charge >= 0.3 is 0 Å². The summed E-state index contributed by atoms with van der Waals surface area (Å²) in [7, 11) is 1.79. The van der Waals surface area contributed by atoms with Crippen LogP contribution in [0.4, 0.5) is 0 Å². The number of guanidine groups is 1. The van der Waals surface area contributed by atoms with Crippen LogP contribution in [0.15, 0.2) is 45.9 Å². The number of aromatic nitrogens is 1. The SMILES string of the molecule is CN=C(NCCc1c[nH]c2ccccc12)NCc1cc(C)oc1C. The molecule has 0 atom stereocenters. The number of rotatable bonds is 5. The maximum atomic E-state index is 5.55. The number of H-pyrrole nitrogens is 1. The summed E-state index contributed by atoms with van der Waals surface area (Å²) in [6, 6.07) is 10.4. The van der Waals surface area contributed by atoms with E-state index in [9.17, 15) is 0 Å². The highest BCUT2D eigenvalue weighted by atomic mass is 16.3. The van der Waals surface area contributed by atoms with Crippen LogP contribution in [0.2, 0.25) is 0 Å². The van der Waals surface area contributed by atoms with E-state index in [0.29, 0.717) is 6.54 Å². The topological polar surface area (TPSA) is 65.3 Å². The molecule has 0 amide bonds. The van der Waals surface area contributed by atoms with Gasteiger partial charge in [-0.2, -0.15) is 0 Å². The van der Waals surface area contributed by atoms with Crippen LogP contribution in [-0.4, -0.2) is 24.5 Å². The predicted octanol–water partition coefficient (Wildman–Crippen LogP) is 3.29. The highest BCUT2D eigenvalue weighted by Gasteiger charge is 2.06. The number of benzene rings is 1. The lowest BCUT2D eigenvalue weighted by Gasteiger charge is -2.11. The summed E-state index contributed by atoms with van der Waals surface area (Å²) in [5, 5.41) is 7.98. The fourth-order valence-electron chi connectivity index (χ4n) is 2.91. The molecule has 3 rings (SSSR count). The number of nitrogens with zero attached hydrogens (tertiary/aromatic N) is 1. The molecule has 0 bridgehead atoms. The molecule has 2 heterocycles. The molecule has 126 valence electrons. The zero-order chi connectivity index (χ0) is 16.9. The fraction of sp³-hybridized carbons (Fsp3) is 0.316. The van der Waals surface area contributed by atoms with E-state index in [0.717, 1.165) is 36.0 Å². The maximum absolute atomic E-state index is 5.55. The van der Waals surface area contributed by atoms with Crippen molar-refractivity contribution in [2.24, 2.45) is 4.99 Å². The first-order chi connectivity index (χ1) is 11.7. The number of nitrogens with one attached hydrogen (secondary N) is 3. The monoisotopic (exact) mass is 324 g/mol. The summed E-state index contributed by atoms with van der Waals surface area (Å²) in [4.78, 5) is 7.59. The number of hydrogen-bond donors (Lipinski definition) is 3. The van der Waals surface area contributed by atoms with Crippen LogP contribution in [0.5, 0.6) is 0 Å².